The Balaban J connectivity index is 1.33. The minimum atomic E-state index is -4.76. The van der Waals surface area contributed by atoms with Crippen molar-refractivity contribution >= 4 is 64.9 Å². The lowest BCUT2D eigenvalue weighted by atomic mass is 9.97. The van der Waals surface area contributed by atoms with Crippen LogP contribution in [0.4, 0.5) is 24.5 Å². The number of hydrogen-bond acceptors (Lipinski definition) is 5. The predicted molar refractivity (Wildman–Crippen MR) is 153 cm³/mol. The third-order valence-electron chi connectivity index (χ3n) is 6.44. The number of rotatable bonds is 8. The molecular formula is C26H24BrClF3N3O5S2. The minimum Gasteiger partial charge on any atom is -0.326 e. The smallest absolute Gasteiger partial charge is 0.326 e. The number of amides is 1. The van der Waals surface area contributed by atoms with Crippen LogP contribution in [0.2, 0.25) is 5.02 Å². The van der Waals surface area contributed by atoms with Crippen molar-refractivity contribution in [2.75, 3.05) is 23.1 Å². The molecule has 15 heteroatoms. The Bertz CT molecular complexity index is 1630. The van der Waals surface area contributed by atoms with Gasteiger partial charge in [0.15, 0.2) is 0 Å². The minimum absolute atomic E-state index is 0.136. The summed E-state index contributed by atoms with van der Waals surface area (Å²) in [5.41, 5.74) is -0.521. The zero-order valence-electron chi connectivity index (χ0n) is 21.2. The van der Waals surface area contributed by atoms with Gasteiger partial charge in [0.25, 0.3) is 10.0 Å². The van der Waals surface area contributed by atoms with Gasteiger partial charge in [-0.05, 0) is 73.0 Å². The fourth-order valence-electron chi connectivity index (χ4n) is 4.26. The molecule has 0 aromatic heterocycles. The first-order valence-electron chi connectivity index (χ1n) is 12.2. The lowest BCUT2D eigenvalue weighted by Gasteiger charge is -2.30. The molecule has 220 valence electrons. The highest BCUT2D eigenvalue weighted by atomic mass is 79.9. The fraction of sp³-hybridized carbons (Fsp3) is 0.269. The molecule has 1 fully saturated rings. The highest BCUT2D eigenvalue weighted by Crippen LogP contribution is 2.36. The molecule has 1 saturated heterocycles. The number of carbonyl (C=O) groups is 1. The molecule has 3 aromatic carbocycles. The van der Waals surface area contributed by atoms with Gasteiger partial charge >= 0.3 is 6.18 Å². The maximum atomic E-state index is 13.1. The SMILES string of the molecule is O=C(Nc1ccc(S(=O)(=O)Nc2ccc(Cl)c(C(F)(F)F)c2)cc1)C1CCN(S(=O)(=O)Cc2ccc(Br)cc2)CC1. The summed E-state index contributed by atoms with van der Waals surface area (Å²) in [5.74, 6) is -0.903. The van der Waals surface area contributed by atoms with E-state index >= 15 is 0 Å². The van der Waals surface area contributed by atoms with E-state index in [-0.39, 0.29) is 35.3 Å². The maximum Gasteiger partial charge on any atom is 0.417 e. The summed E-state index contributed by atoms with van der Waals surface area (Å²) in [6.07, 6.45) is -4.12. The second-order valence-corrected chi connectivity index (χ2v) is 14.3. The number of carbonyl (C=O) groups excluding carboxylic acids is 1. The average molecular weight is 695 g/mol. The summed E-state index contributed by atoms with van der Waals surface area (Å²) in [7, 11) is -7.79. The number of benzene rings is 3. The lowest BCUT2D eigenvalue weighted by molar-refractivity contribution is -0.137. The Kier molecular flexibility index (Phi) is 9.38. The van der Waals surface area contributed by atoms with Crippen LogP contribution in [-0.4, -0.2) is 40.1 Å². The number of nitrogens with zero attached hydrogens (tertiary/aromatic N) is 1. The van der Waals surface area contributed by atoms with Gasteiger partial charge in [-0.3, -0.25) is 9.52 Å². The molecule has 3 aromatic rings. The molecule has 0 radical (unpaired) electrons. The molecule has 4 rings (SSSR count). The van der Waals surface area contributed by atoms with E-state index < -0.39 is 42.7 Å². The molecule has 41 heavy (non-hydrogen) atoms. The van der Waals surface area contributed by atoms with Gasteiger partial charge in [-0.1, -0.05) is 39.7 Å². The summed E-state index contributed by atoms with van der Waals surface area (Å²) < 4.78 is 94.7. The summed E-state index contributed by atoms with van der Waals surface area (Å²) in [6.45, 7) is 0.390. The number of sulfonamides is 2. The molecule has 0 bridgehead atoms. The summed E-state index contributed by atoms with van der Waals surface area (Å²) in [6, 6.07) is 14.8. The van der Waals surface area contributed by atoms with Gasteiger partial charge in [-0.15, -0.1) is 0 Å². The van der Waals surface area contributed by atoms with E-state index in [0.29, 0.717) is 30.2 Å². The molecule has 1 heterocycles. The first kappa shape index (κ1) is 31.3. The summed E-state index contributed by atoms with van der Waals surface area (Å²) in [4.78, 5) is 12.6. The Morgan fingerprint density at radius 2 is 1.51 bits per heavy atom. The largest absolute Gasteiger partial charge is 0.417 e. The number of alkyl halides is 3. The Morgan fingerprint density at radius 3 is 2.10 bits per heavy atom. The van der Waals surface area contributed by atoms with Crippen LogP contribution in [-0.2, 0) is 36.8 Å². The van der Waals surface area contributed by atoms with Crippen LogP contribution < -0.4 is 10.0 Å². The van der Waals surface area contributed by atoms with Crippen molar-refractivity contribution in [3.05, 3.63) is 87.4 Å². The zero-order valence-corrected chi connectivity index (χ0v) is 25.1. The highest BCUT2D eigenvalue weighted by molar-refractivity contribution is 9.10. The van der Waals surface area contributed by atoms with Gasteiger partial charge in [0.1, 0.15) is 0 Å². The second kappa shape index (κ2) is 12.3. The van der Waals surface area contributed by atoms with Gasteiger partial charge < -0.3 is 5.32 Å². The Labute approximate surface area is 249 Å². The molecule has 1 aliphatic heterocycles. The number of anilines is 2. The molecule has 1 amide bonds. The van der Waals surface area contributed by atoms with Crippen LogP contribution >= 0.6 is 27.5 Å². The van der Waals surface area contributed by atoms with Gasteiger partial charge in [0, 0.05) is 34.9 Å². The van der Waals surface area contributed by atoms with Crippen LogP contribution in [0.25, 0.3) is 0 Å². The Hall–Kier alpha value is -2.65. The predicted octanol–water partition coefficient (Wildman–Crippen LogP) is 6.10. The van der Waals surface area contributed by atoms with Gasteiger partial charge in [0.05, 0.1) is 21.2 Å². The molecule has 0 saturated carbocycles. The van der Waals surface area contributed by atoms with E-state index in [4.69, 9.17) is 11.6 Å². The fourth-order valence-corrected chi connectivity index (χ4v) is 7.36. The molecule has 8 nitrogen and oxygen atoms in total. The van der Waals surface area contributed by atoms with Crippen LogP contribution in [0.1, 0.15) is 24.0 Å². The monoisotopic (exact) mass is 693 g/mol. The quantitative estimate of drug-likeness (QED) is 0.296. The van der Waals surface area contributed by atoms with E-state index in [1.54, 1.807) is 24.3 Å². The Morgan fingerprint density at radius 1 is 0.927 bits per heavy atom. The first-order chi connectivity index (χ1) is 19.1. The van der Waals surface area contributed by atoms with Crippen molar-refractivity contribution < 1.29 is 34.8 Å². The second-order valence-electron chi connectivity index (χ2n) is 9.37. The van der Waals surface area contributed by atoms with Crippen molar-refractivity contribution in [2.24, 2.45) is 5.92 Å². The van der Waals surface area contributed by atoms with Crippen LogP contribution in [0.3, 0.4) is 0 Å². The topological polar surface area (TPSA) is 113 Å². The first-order valence-corrected chi connectivity index (χ1v) is 16.4. The average Bonchev–Trinajstić information content (AvgIpc) is 2.90. The van der Waals surface area contributed by atoms with E-state index in [2.05, 4.69) is 26.0 Å². The molecule has 0 spiro atoms. The highest BCUT2D eigenvalue weighted by Gasteiger charge is 2.34. The van der Waals surface area contributed by atoms with Gasteiger partial charge in [0.2, 0.25) is 15.9 Å². The van der Waals surface area contributed by atoms with E-state index in [9.17, 15) is 34.8 Å². The van der Waals surface area contributed by atoms with Gasteiger partial charge in [-0.25, -0.2) is 21.1 Å². The van der Waals surface area contributed by atoms with E-state index in [0.717, 1.165) is 16.6 Å². The molecule has 1 aliphatic rings. The van der Waals surface area contributed by atoms with Crippen molar-refractivity contribution in [1.29, 1.82) is 0 Å². The molecular weight excluding hydrogens is 671 g/mol. The van der Waals surface area contributed by atoms with Crippen LogP contribution in [0, 0.1) is 5.92 Å². The number of hydrogen-bond donors (Lipinski definition) is 2. The normalized spacial score (nSPS) is 15.4. The van der Waals surface area contributed by atoms with Crippen molar-refractivity contribution in [2.45, 2.75) is 29.7 Å². The van der Waals surface area contributed by atoms with Gasteiger partial charge in [-0.2, -0.15) is 13.2 Å². The molecule has 0 aliphatic carbocycles. The summed E-state index contributed by atoms with van der Waals surface area (Å²) in [5, 5.41) is 2.14. The van der Waals surface area contributed by atoms with Crippen molar-refractivity contribution in [3.63, 3.8) is 0 Å². The number of halogens is 5. The molecule has 2 N–H and O–H groups in total. The van der Waals surface area contributed by atoms with Crippen molar-refractivity contribution in [1.82, 2.24) is 4.31 Å². The maximum absolute atomic E-state index is 13.1. The lowest BCUT2D eigenvalue weighted by Crippen LogP contribution is -2.41. The molecule has 0 unspecified atom stereocenters. The standard InChI is InChI=1S/C26H24BrClF3N3O5S2/c27-19-3-1-17(2-4-19)16-40(36,37)34-13-11-18(12-14-34)25(35)32-20-5-8-22(9-6-20)41(38,39)33-21-7-10-24(28)23(15-21)26(29,30)31/h1-10,15,18,33H,11-14,16H2,(H,32,35). The number of nitrogens with one attached hydrogen (secondary N) is 2. The zero-order chi connectivity index (χ0) is 30.0. The molecule has 0 atom stereocenters. The van der Waals surface area contributed by atoms with Crippen LogP contribution in [0.15, 0.2) is 76.1 Å². The third kappa shape index (κ3) is 8.01. The van der Waals surface area contributed by atoms with E-state index in [1.807, 2.05) is 0 Å². The van der Waals surface area contributed by atoms with Crippen molar-refractivity contribution in [3.8, 4) is 0 Å². The van der Waals surface area contributed by atoms with Crippen LogP contribution in [0.5, 0.6) is 0 Å². The third-order valence-corrected chi connectivity index (χ3v) is 10.5. The number of piperidine rings is 1. The summed E-state index contributed by atoms with van der Waals surface area (Å²) >= 11 is 8.90. The van der Waals surface area contributed by atoms with E-state index in [1.165, 1.54) is 28.6 Å².